The van der Waals surface area contributed by atoms with Gasteiger partial charge >= 0.3 is 11.5 Å². The highest BCUT2D eigenvalue weighted by molar-refractivity contribution is 7.92. The summed E-state index contributed by atoms with van der Waals surface area (Å²) in [6, 6.07) is 13.9. The number of nitrogens with zero attached hydrogens (tertiary/aromatic N) is 4. The SMILES string of the molecule is CC1(Cc2ccncc2C(=O)N2CCN(c3ccccc3)CC2)NC(=O)N(c2ccc(S(=O)(=O)C(F)(F)F)cc2)C1=O. The molecular formula is C28H26F3N5O5S. The zero-order chi connectivity index (χ0) is 30.3. The largest absolute Gasteiger partial charge is 0.501 e. The van der Waals surface area contributed by atoms with Gasteiger partial charge in [0, 0.05) is 50.7 Å². The number of piperazine rings is 1. The molecule has 2 aliphatic rings. The number of urea groups is 1. The Hall–Kier alpha value is -4.46. The molecule has 0 spiro atoms. The van der Waals surface area contributed by atoms with E-state index in [2.05, 4.69) is 15.2 Å². The number of imide groups is 1. The van der Waals surface area contributed by atoms with Crippen LogP contribution in [0.3, 0.4) is 0 Å². The monoisotopic (exact) mass is 601 g/mol. The van der Waals surface area contributed by atoms with Crippen molar-refractivity contribution in [2.45, 2.75) is 29.3 Å². The van der Waals surface area contributed by atoms with E-state index in [0.717, 1.165) is 22.7 Å². The van der Waals surface area contributed by atoms with Crippen LogP contribution in [-0.2, 0) is 21.1 Å². The first kappa shape index (κ1) is 29.0. The molecule has 3 heterocycles. The highest BCUT2D eigenvalue weighted by atomic mass is 32.2. The Morgan fingerprint density at radius 2 is 1.60 bits per heavy atom. The number of amides is 4. The van der Waals surface area contributed by atoms with Gasteiger partial charge in [0.25, 0.3) is 21.7 Å². The Morgan fingerprint density at radius 1 is 0.952 bits per heavy atom. The third kappa shape index (κ3) is 5.29. The van der Waals surface area contributed by atoms with Crippen LogP contribution in [0.15, 0.2) is 78.0 Å². The summed E-state index contributed by atoms with van der Waals surface area (Å²) >= 11 is 0. The number of pyridine rings is 1. The van der Waals surface area contributed by atoms with Crippen molar-refractivity contribution in [3.63, 3.8) is 0 Å². The van der Waals surface area contributed by atoms with E-state index in [1.807, 2.05) is 30.3 Å². The van der Waals surface area contributed by atoms with Gasteiger partial charge in [-0.25, -0.2) is 18.1 Å². The average molecular weight is 602 g/mol. The van der Waals surface area contributed by atoms with Crippen molar-refractivity contribution < 1.29 is 36.0 Å². The Bertz CT molecular complexity index is 1630. The number of anilines is 2. The number of hydrogen-bond acceptors (Lipinski definition) is 7. The summed E-state index contributed by atoms with van der Waals surface area (Å²) < 4.78 is 62.1. The molecule has 2 saturated heterocycles. The summed E-state index contributed by atoms with van der Waals surface area (Å²) in [4.78, 5) is 47.5. The van der Waals surface area contributed by atoms with Crippen molar-refractivity contribution in [1.29, 1.82) is 0 Å². The summed E-state index contributed by atoms with van der Waals surface area (Å²) in [6.45, 7) is 3.69. The van der Waals surface area contributed by atoms with Crippen LogP contribution in [0.5, 0.6) is 0 Å². The molecule has 220 valence electrons. The first-order chi connectivity index (χ1) is 19.8. The molecule has 0 bridgehead atoms. The van der Waals surface area contributed by atoms with Gasteiger partial charge in [-0.2, -0.15) is 13.2 Å². The van der Waals surface area contributed by atoms with Gasteiger partial charge in [0.15, 0.2) is 0 Å². The molecule has 14 heteroatoms. The fraction of sp³-hybridized carbons (Fsp3) is 0.286. The molecule has 1 N–H and O–H groups in total. The van der Waals surface area contributed by atoms with Gasteiger partial charge in [-0.3, -0.25) is 14.6 Å². The number of sulfone groups is 1. The molecule has 2 aliphatic heterocycles. The summed E-state index contributed by atoms with van der Waals surface area (Å²) in [6.07, 6.45) is 2.83. The molecule has 0 radical (unpaired) electrons. The molecule has 0 aliphatic carbocycles. The minimum atomic E-state index is -5.60. The zero-order valence-electron chi connectivity index (χ0n) is 22.3. The maximum atomic E-state index is 13.5. The van der Waals surface area contributed by atoms with Crippen LogP contribution >= 0.6 is 0 Å². The summed E-state index contributed by atoms with van der Waals surface area (Å²) in [5, 5.41) is 2.60. The van der Waals surface area contributed by atoms with Gasteiger partial charge in [0.1, 0.15) is 5.54 Å². The van der Waals surface area contributed by atoms with Crippen LogP contribution in [-0.4, -0.2) is 73.4 Å². The number of aromatic nitrogens is 1. The molecule has 5 rings (SSSR count). The molecule has 4 amide bonds. The van der Waals surface area contributed by atoms with Crippen molar-refractivity contribution in [2.75, 3.05) is 36.0 Å². The van der Waals surface area contributed by atoms with Crippen LogP contribution in [0.4, 0.5) is 29.3 Å². The maximum Gasteiger partial charge on any atom is 0.501 e. The zero-order valence-corrected chi connectivity index (χ0v) is 23.2. The number of halogens is 3. The molecular weight excluding hydrogens is 575 g/mol. The van der Waals surface area contributed by atoms with Crippen molar-refractivity contribution in [3.05, 3.63) is 84.2 Å². The maximum absolute atomic E-state index is 13.5. The predicted molar refractivity (Wildman–Crippen MR) is 147 cm³/mol. The van der Waals surface area contributed by atoms with Crippen molar-refractivity contribution >= 4 is 39.1 Å². The first-order valence-corrected chi connectivity index (χ1v) is 14.4. The molecule has 2 aromatic carbocycles. The number of benzene rings is 2. The van der Waals surface area contributed by atoms with Crippen molar-refractivity contribution in [3.8, 4) is 0 Å². The third-order valence-electron chi connectivity index (χ3n) is 7.34. The number of carbonyl (C=O) groups is 3. The van der Waals surface area contributed by atoms with E-state index in [9.17, 15) is 36.0 Å². The lowest BCUT2D eigenvalue weighted by Gasteiger charge is -2.36. The fourth-order valence-electron chi connectivity index (χ4n) is 5.07. The Kier molecular flexibility index (Phi) is 7.43. The lowest BCUT2D eigenvalue weighted by molar-refractivity contribution is -0.121. The molecule has 1 aromatic heterocycles. The van der Waals surface area contributed by atoms with E-state index in [1.165, 1.54) is 19.3 Å². The normalized spacial score (nSPS) is 19.7. The number of nitrogens with one attached hydrogen (secondary N) is 1. The van der Waals surface area contributed by atoms with E-state index in [1.54, 1.807) is 11.0 Å². The van der Waals surface area contributed by atoms with Crippen LogP contribution in [0.2, 0.25) is 0 Å². The topological polar surface area (TPSA) is 120 Å². The van der Waals surface area contributed by atoms with Crippen molar-refractivity contribution in [1.82, 2.24) is 15.2 Å². The number of para-hydroxylation sites is 1. The molecule has 10 nitrogen and oxygen atoms in total. The quantitative estimate of drug-likeness (QED) is 0.430. The van der Waals surface area contributed by atoms with E-state index in [-0.39, 0.29) is 23.6 Å². The van der Waals surface area contributed by atoms with Gasteiger partial charge in [-0.15, -0.1) is 0 Å². The summed E-state index contributed by atoms with van der Waals surface area (Å²) in [5.74, 6) is -0.977. The Morgan fingerprint density at radius 3 is 2.21 bits per heavy atom. The van der Waals surface area contributed by atoms with Crippen molar-refractivity contribution in [2.24, 2.45) is 0 Å². The van der Waals surface area contributed by atoms with Gasteiger partial charge in [0.2, 0.25) is 0 Å². The lowest BCUT2D eigenvalue weighted by atomic mass is 9.90. The second-order valence-corrected chi connectivity index (χ2v) is 12.1. The average Bonchev–Trinajstić information content (AvgIpc) is 3.19. The summed E-state index contributed by atoms with van der Waals surface area (Å²) in [7, 11) is -5.60. The number of hydrogen-bond donors (Lipinski definition) is 1. The molecule has 1 atom stereocenters. The number of alkyl halides is 3. The van der Waals surface area contributed by atoms with Crippen LogP contribution in [0.25, 0.3) is 0 Å². The number of rotatable bonds is 6. The smallest absolute Gasteiger partial charge is 0.368 e. The highest BCUT2D eigenvalue weighted by Gasteiger charge is 2.50. The minimum absolute atomic E-state index is 0.0673. The molecule has 3 aromatic rings. The van der Waals surface area contributed by atoms with E-state index >= 15 is 0 Å². The standard InChI is InChI=1S/C28H26F3N5O5S/c1-27(25(38)36(26(39)33-27)21-7-9-22(10-8-21)42(40,41)28(29,30)31)17-19-11-12-32-18-23(19)24(37)35-15-13-34(14-16-35)20-5-3-2-4-6-20/h2-12,18H,13-17H2,1H3,(H,33,39). The third-order valence-corrected chi connectivity index (χ3v) is 8.85. The van der Waals surface area contributed by atoms with Gasteiger partial charge in [0.05, 0.1) is 16.1 Å². The molecule has 42 heavy (non-hydrogen) atoms. The highest BCUT2D eigenvalue weighted by Crippen LogP contribution is 2.33. The lowest BCUT2D eigenvalue weighted by Crippen LogP contribution is -2.49. The fourth-order valence-corrected chi connectivity index (χ4v) is 5.84. The van der Waals surface area contributed by atoms with Gasteiger partial charge < -0.3 is 15.1 Å². The van der Waals surface area contributed by atoms with Gasteiger partial charge in [-0.05, 0) is 55.0 Å². The van der Waals surface area contributed by atoms with Crippen LogP contribution in [0, 0.1) is 0 Å². The predicted octanol–water partition coefficient (Wildman–Crippen LogP) is 3.40. The van der Waals surface area contributed by atoms with Crippen LogP contribution in [0.1, 0.15) is 22.8 Å². The Labute approximate surface area is 239 Å². The molecule has 0 saturated carbocycles. The van der Waals surface area contributed by atoms with E-state index in [4.69, 9.17) is 0 Å². The van der Waals surface area contributed by atoms with E-state index < -0.39 is 37.7 Å². The van der Waals surface area contributed by atoms with Crippen LogP contribution < -0.4 is 15.1 Å². The Balaban J connectivity index is 1.32. The summed E-state index contributed by atoms with van der Waals surface area (Å²) in [5.41, 5.74) is -5.28. The second kappa shape index (κ2) is 10.7. The molecule has 1 unspecified atom stereocenters. The number of carbonyl (C=O) groups excluding carboxylic acids is 3. The molecule has 2 fully saturated rings. The minimum Gasteiger partial charge on any atom is -0.368 e. The second-order valence-electron chi connectivity index (χ2n) is 10.2. The van der Waals surface area contributed by atoms with Gasteiger partial charge in [-0.1, -0.05) is 18.2 Å². The van der Waals surface area contributed by atoms with E-state index in [0.29, 0.717) is 43.9 Å². The first-order valence-electron chi connectivity index (χ1n) is 12.9.